The van der Waals surface area contributed by atoms with E-state index in [1.54, 1.807) is 0 Å². The number of carbonyl (C=O) groups is 2. The first-order valence-corrected chi connectivity index (χ1v) is 12.8. The van der Waals surface area contributed by atoms with E-state index < -0.39 is 11.5 Å². The van der Waals surface area contributed by atoms with Gasteiger partial charge >= 0.3 is 5.97 Å². The molecule has 11 atom stereocenters. The van der Waals surface area contributed by atoms with E-state index in [9.17, 15) is 9.59 Å². The van der Waals surface area contributed by atoms with E-state index in [1.165, 1.54) is 18.1 Å². The minimum absolute atomic E-state index is 0.00203. The van der Waals surface area contributed by atoms with Crippen LogP contribution in [-0.2, 0) is 25.5 Å². The van der Waals surface area contributed by atoms with Gasteiger partial charge in [-0.3, -0.25) is 9.59 Å². The molecule has 0 aromatic heterocycles. The lowest BCUT2D eigenvalue weighted by Gasteiger charge is -2.49. The lowest BCUT2D eigenvalue weighted by molar-refractivity contribution is -0.169. The van der Waals surface area contributed by atoms with E-state index in [0.717, 1.165) is 18.4 Å². The lowest BCUT2D eigenvalue weighted by Crippen LogP contribution is -2.57. The second-order valence-electron chi connectivity index (χ2n) is 11.5. The Kier molecular flexibility index (Phi) is 4.90. The van der Waals surface area contributed by atoms with Gasteiger partial charge in [-0.05, 0) is 42.7 Å². The van der Waals surface area contributed by atoms with Crippen molar-refractivity contribution in [1.82, 2.24) is 5.32 Å². The number of rotatable bonds is 3. The molecule has 5 heteroatoms. The summed E-state index contributed by atoms with van der Waals surface area (Å²) in [6.07, 6.45) is 3.40. The molecule has 1 aromatic rings. The van der Waals surface area contributed by atoms with Crippen molar-refractivity contribution in [2.45, 2.75) is 64.9 Å². The van der Waals surface area contributed by atoms with Crippen molar-refractivity contribution < 1.29 is 19.1 Å². The third-order valence-electron chi connectivity index (χ3n) is 9.71. The molecule has 0 bridgehead atoms. The number of hydrogen-bond acceptors (Lipinski definition) is 4. The summed E-state index contributed by atoms with van der Waals surface area (Å²) >= 11 is 0. The van der Waals surface area contributed by atoms with Gasteiger partial charge in [-0.25, -0.2) is 0 Å². The maximum Gasteiger partial charge on any atom is 0.302 e. The Morgan fingerprint density at radius 3 is 2.68 bits per heavy atom. The molecule has 2 aliphatic heterocycles. The molecule has 4 fully saturated rings. The van der Waals surface area contributed by atoms with E-state index in [1.807, 2.05) is 18.2 Å². The molecule has 180 valence electrons. The maximum atomic E-state index is 14.2. The molecule has 6 rings (SSSR count). The summed E-state index contributed by atoms with van der Waals surface area (Å²) < 4.78 is 13.0. The number of allylic oxidation sites excluding steroid dienone is 1. The molecule has 1 N–H and O–H groups in total. The van der Waals surface area contributed by atoms with Crippen molar-refractivity contribution in [3.63, 3.8) is 0 Å². The molecule has 5 aliphatic rings. The Morgan fingerprint density at radius 2 is 1.97 bits per heavy atom. The number of ether oxygens (including phenoxy) is 2. The van der Waals surface area contributed by atoms with Crippen LogP contribution >= 0.6 is 0 Å². The number of hydrogen-bond donors (Lipinski definition) is 1. The average Bonchev–Trinajstić information content (AvgIpc) is 3.35. The quantitative estimate of drug-likeness (QED) is 0.544. The van der Waals surface area contributed by atoms with Crippen molar-refractivity contribution in [3.8, 4) is 0 Å². The van der Waals surface area contributed by atoms with Crippen LogP contribution < -0.4 is 5.32 Å². The standard InChI is InChI=1S/C29H35NO4/c1-14-11-15(2)22-23-21(12-14)34-26-17(4)16(3)24-20(13-19-9-7-6-8-10-19)30-28(32)29(24,25(23)26)27(22)33-18(5)31/h6-11,14,16,20-27H,4,12-13H2,1-3,5H3,(H,30,32)/t14-,16-,20+,21-,22+,23+,24+,25+,26-,27-,29-/m1/s1. The zero-order valence-corrected chi connectivity index (χ0v) is 20.5. The van der Waals surface area contributed by atoms with Crippen molar-refractivity contribution in [3.05, 3.63) is 59.7 Å². The van der Waals surface area contributed by atoms with Crippen molar-refractivity contribution in [2.75, 3.05) is 0 Å². The topological polar surface area (TPSA) is 64.6 Å². The molecule has 1 amide bonds. The van der Waals surface area contributed by atoms with Crippen molar-refractivity contribution in [1.29, 1.82) is 0 Å². The van der Waals surface area contributed by atoms with Crippen LogP contribution in [0.5, 0.6) is 0 Å². The highest BCUT2D eigenvalue weighted by Gasteiger charge is 2.80. The monoisotopic (exact) mass is 461 g/mol. The highest BCUT2D eigenvalue weighted by atomic mass is 16.5. The fraction of sp³-hybridized carbons (Fsp3) is 0.586. The van der Waals surface area contributed by atoms with Gasteiger partial charge in [0, 0.05) is 36.6 Å². The first kappa shape index (κ1) is 22.1. The second kappa shape index (κ2) is 7.55. The van der Waals surface area contributed by atoms with Crippen LogP contribution in [0.1, 0.15) is 39.7 Å². The molecule has 0 unspecified atom stereocenters. The molecular weight excluding hydrogens is 426 g/mol. The summed E-state index contributed by atoms with van der Waals surface area (Å²) in [5, 5.41) is 3.40. The van der Waals surface area contributed by atoms with Crippen LogP contribution in [0.15, 0.2) is 54.1 Å². The number of esters is 1. The van der Waals surface area contributed by atoms with Crippen LogP contribution in [0.25, 0.3) is 0 Å². The zero-order chi connectivity index (χ0) is 23.9. The average molecular weight is 462 g/mol. The van der Waals surface area contributed by atoms with Crippen LogP contribution in [0.2, 0.25) is 0 Å². The SMILES string of the molecule is C=C1[C@@H](C)[C@H]2[C@H](Cc3ccccc3)NC(=O)[C@@]23[C@H]2[C@@H]4[C@H](C(C)=C[C@@H](C)C[C@H]4O[C@H]12)[C@H]3OC(C)=O. The van der Waals surface area contributed by atoms with Crippen LogP contribution in [0, 0.1) is 40.9 Å². The van der Waals surface area contributed by atoms with Gasteiger partial charge in [0.2, 0.25) is 5.91 Å². The van der Waals surface area contributed by atoms with Crippen LogP contribution in [0.3, 0.4) is 0 Å². The minimum Gasteiger partial charge on any atom is -0.461 e. The third-order valence-corrected chi connectivity index (χ3v) is 9.71. The Hall–Kier alpha value is -2.40. The van der Waals surface area contributed by atoms with E-state index in [4.69, 9.17) is 9.47 Å². The number of nitrogens with one attached hydrogen (secondary N) is 1. The minimum atomic E-state index is -0.795. The fourth-order valence-electron chi connectivity index (χ4n) is 8.78. The highest BCUT2D eigenvalue weighted by Crippen LogP contribution is 2.71. The molecule has 2 saturated heterocycles. The molecule has 2 saturated carbocycles. The number of benzene rings is 1. The second-order valence-corrected chi connectivity index (χ2v) is 11.5. The smallest absolute Gasteiger partial charge is 0.302 e. The molecular formula is C29H35NO4. The van der Waals surface area contributed by atoms with E-state index in [-0.39, 0.29) is 59.7 Å². The molecule has 5 nitrogen and oxygen atoms in total. The fourth-order valence-corrected chi connectivity index (χ4v) is 8.78. The maximum absolute atomic E-state index is 14.2. The van der Waals surface area contributed by atoms with Gasteiger partial charge in [-0.2, -0.15) is 0 Å². The molecule has 2 heterocycles. The van der Waals surface area contributed by atoms with Gasteiger partial charge in [0.25, 0.3) is 0 Å². The van der Waals surface area contributed by atoms with E-state index in [0.29, 0.717) is 5.92 Å². The molecule has 3 aliphatic carbocycles. The Balaban J connectivity index is 1.53. The van der Waals surface area contributed by atoms with Gasteiger partial charge in [-0.15, -0.1) is 0 Å². The summed E-state index contributed by atoms with van der Waals surface area (Å²) in [4.78, 5) is 26.7. The molecule has 0 radical (unpaired) electrons. The zero-order valence-electron chi connectivity index (χ0n) is 20.5. The van der Waals surface area contributed by atoms with Crippen LogP contribution in [-0.4, -0.2) is 36.2 Å². The third kappa shape index (κ3) is 2.76. The summed E-state index contributed by atoms with van der Waals surface area (Å²) in [5.74, 6) is 0.319. The largest absolute Gasteiger partial charge is 0.461 e. The van der Waals surface area contributed by atoms with Gasteiger partial charge < -0.3 is 14.8 Å². The molecule has 1 aromatic carbocycles. The normalized spacial score (nSPS) is 46.3. The summed E-state index contributed by atoms with van der Waals surface area (Å²) in [6.45, 7) is 12.6. The van der Waals surface area contributed by atoms with Gasteiger partial charge in [-0.1, -0.05) is 62.4 Å². The number of carbonyl (C=O) groups excluding carboxylic acids is 2. The summed E-state index contributed by atoms with van der Waals surface area (Å²) in [6, 6.07) is 10.3. The number of amides is 1. The first-order chi connectivity index (χ1) is 16.2. The Morgan fingerprint density at radius 1 is 1.24 bits per heavy atom. The summed E-state index contributed by atoms with van der Waals surface area (Å²) in [5.41, 5.74) is 2.74. The molecule has 34 heavy (non-hydrogen) atoms. The van der Waals surface area contributed by atoms with E-state index in [2.05, 4.69) is 50.9 Å². The van der Waals surface area contributed by atoms with Gasteiger partial charge in [0.1, 0.15) is 6.10 Å². The first-order valence-electron chi connectivity index (χ1n) is 12.8. The predicted molar refractivity (Wildman–Crippen MR) is 129 cm³/mol. The summed E-state index contributed by atoms with van der Waals surface area (Å²) in [7, 11) is 0. The molecule has 1 spiro atoms. The van der Waals surface area contributed by atoms with Crippen molar-refractivity contribution >= 4 is 11.9 Å². The van der Waals surface area contributed by atoms with Gasteiger partial charge in [0.15, 0.2) is 0 Å². The van der Waals surface area contributed by atoms with Crippen molar-refractivity contribution in [2.24, 2.45) is 40.9 Å². The van der Waals surface area contributed by atoms with E-state index >= 15 is 0 Å². The predicted octanol–water partition coefficient (Wildman–Crippen LogP) is 4.08. The van der Waals surface area contributed by atoms with Crippen LogP contribution in [0.4, 0.5) is 0 Å². The van der Waals surface area contributed by atoms with Gasteiger partial charge in [0.05, 0.1) is 17.6 Å². The highest BCUT2D eigenvalue weighted by molar-refractivity contribution is 5.89. The Bertz CT molecular complexity index is 1080. The lowest BCUT2D eigenvalue weighted by atomic mass is 9.53. The Labute approximate surface area is 202 Å².